The van der Waals surface area contributed by atoms with Crippen LogP contribution >= 0.6 is 0 Å². The molecule has 0 saturated heterocycles. The van der Waals surface area contributed by atoms with Gasteiger partial charge < -0.3 is 9.47 Å². The molecule has 2 aliphatic heterocycles. The van der Waals surface area contributed by atoms with E-state index in [1.54, 1.807) is 0 Å². The maximum atomic E-state index is 11.2. The highest BCUT2D eigenvalue weighted by atomic mass is 16.5. The number of ether oxygens (including phenoxy) is 2. The summed E-state index contributed by atoms with van der Waals surface area (Å²) >= 11 is 0. The summed E-state index contributed by atoms with van der Waals surface area (Å²) in [5, 5.41) is 0. The first-order valence-electron chi connectivity index (χ1n) is 4.96. The van der Waals surface area contributed by atoms with E-state index in [2.05, 4.69) is 0 Å². The second kappa shape index (κ2) is 3.12. The van der Waals surface area contributed by atoms with Gasteiger partial charge in [-0.3, -0.25) is 0 Å². The summed E-state index contributed by atoms with van der Waals surface area (Å²) in [7, 11) is 0. The van der Waals surface area contributed by atoms with E-state index in [-0.39, 0.29) is 12.1 Å². The maximum Gasteiger partial charge on any atom is 0.331 e. The Morgan fingerprint density at radius 2 is 2.20 bits per heavy atom. The lowest BCUT2D eigenvalue weighted by molar-refractivity contribution is -0.140. The van der Waals surface area contributed by atoms with Crippen LogP contribution in [0.2, 0.25) is 0 Å². The summed E-state index contributed by atoms with van der Waals surface area (Å²) in [6.07, 6.45) is 9.78. The molecule has 15 heavy (non-hydrogen) atoms. The molecule has 0 saturated carbocycles. The summed E-state index contributed by atoms with van der Waals surface area (Å²) in [6, 6.07) is 0. The van der Waals surface area contributed by atoms with Crippen molar-refractivity contribution in [3.63, 3.8) is 0 Å². The minimum Gasteiger partial charge on any atom is -0.493 e. The minimum atomic E-state index is -0.287. The zero-order valence-corrected chi connectivity index (χ0v) is 8.10. The zero-order valence-electron chi connectivity index (χ0n) is 8.10. The van der Waals surface area contributed by atoms with Crippen LogP contribution in [0.1, 0.15) is 6.42 Å². The Morgan fingerprint density at radius 1 is 1.27 bits per heavy atom. The van der Waals surface area contributed by atoms with Gasteiger partial charge in [-0.1, -0.05) is 12.2 Å². The number of hydrogen-bond acceptors (Lipinski definition) is 3. The molecule has 0 aromatic heterocycles. The Hall–Kier alpha value is -1.77. The summed E-state index contributed by atoms with van der Waals surface area (Å²) < 4.78 is 10.8. The first kappa shape index (κ1) is 8.53. The van der Waals surface area contributed by atoms with E-state index in [1.165, 1.54) is 6.08 Å². The summed E-state index contributed by atoms with van der Waals surface area (Å²) in [6.45, 7) is 0.610. The van der Waals surface area contributed by atoms with Crippen LogP contribution in [0.3, 0.4) is 0 Å². The van der Waals surface area contributed by atoms with Crippen molar-refractivity contribution in [2.24, 2.45) is 0 Å². The number of carbonyl (C=O) groups is 1. The van der Waals surface area contributed by atoms with Crippen molar-refractivity contribution in [3.8, 4) is 0 Å². The standard InChI is InChI=1S/C12H10O3/c13-11-6-4-8-3-5-10-9(12(8)15-11)2-1-7-14-10/h1-4,6,12H,5,7H2. The van der Waals surface area contributed by atoms with E-state index >= 15 is 0 Å². The molecule has 3 aliphatic rings. The molecule has 0 amide bonds. The lowest BCUT2D eigenvalue weighted by atomic mass is 9.91. The van der Waals surface area contributed by atoms with Crippen LogP contribution in [0.4, 0.5) is 0 Å². The van der Waals surface area contributed by atoms with Gasteiger partial charge in [0.1, 0.15) is 12.4 Å². The molecule has 0 fully saturated rings. The zero-order chi connectivity index (χ0) is 10.3. The number of fused-ring (bicyclic) bond motifs is 2. The highest BCUT2D eigenvalue weighted by molar-refractivity contribution is 5.85. The van der Waals surface area contributed by atoms with Crippen molar-refractivity contribution in [1.82, 2.24) is 0 Å². The minimum absolute atomic E-state index is 0.261. The molecule has 0 bridgehead atoms. The molecule has 0 N–H and O–H groups in total. The first-order valence-corrected chi connectivity index (χ1v) is 4.96. The van der Waals surface area contributed by atoms with Gasteiger partial charge >= 0.3 is 5.97 Å². The van der Waals surface area contributed by atoms with Gasteiger partial charge in [0.2, 0.25) is 0 Å². The lowest BCUT2D eigenvalue weighted by Gasteiger charge is -2.29. The molecule has 0 spiro atoms. The number of rotatable bonds is 0. The van der Waals surface area contributed by atoms with E-state index in [1.807, 2.05) is 24.3 Å². The van der Waals surface area contributed by atoms with Crippen molar-refractivity contribution in [1.29, 1.82) is 0 Å². The van der Waals surface area contributed by atoms with Crippen LogP contribution in [0, 0.1) is 0 Å². The molecule has 0 aromatic rings. The molecule has 1 unspecified atom stereocenters. The molecule has 1 atom stereocenters. The Labute approximate surface area is 87.4 Å². The predicted octanol–water partition coefficient (Wildman–Crippen LogP) is 1.64. The molecule has 3 rings (SSSR count). The van der Waals surface area contributed by atoms with Gasteiger partial charge in [0.15, 0.2) is 6.10 Å². The van der Waals surface area contributed by atoms with Crippen LogP contribution in [-0.4, -0.2) is 18.7 Å². The van der Waals surface area contributed by atoms with Gasteiger partial charge in [-0.25, -0.2) is 4.79 Å². The fourth-order valence-electron chi connectivity index (χ4n) is 2.01. The van der Waals surface area contributed by atoms with E-state index in [4.69, 9.17) is 9.47 Å². The Kier molecular flexibility index (Phi) is 1.78. The lowest BCUT2D eigenvalue weighted by Crippen LogP contribution is -2.28. The van der Waals surface area contributed by atoms with Gasteiger partial charge in [-0.05, 0) is 17.7 Å². The number of esters is 1. The molecular formula is C12H10O3. The smallest absolute Gasteiger partial charge is 0.331 e. The maximum absolute atomic E-state index is 11.2. The summed E-state index contributed by atoms with van der Waals surface area (Å²) in [4.78, 5) is 11.2. The van der Waals surface area contributed by atoms with Crippen LogP contribution in [0.15, 0.2) is 47.3 Å². The molecule has 1 aliphatic carbocycles. The van der Waals surface area contributed by atoms with E-state index < -0.39 is 0 Å². The van der Waals surface area contributed by atoms with Crippen molar-refractivity contribution in [2.45, 2.75) is 12.5 Å². The van der Waals surface area contributed by atoms with E-state index in [9.17, 15) is 4.79 Å². The monoisotopic (exact) mass is 202 g/mol. The molecule has 76 valence electrons. The topological polar surface area (TPSA) is 35.5 Å². The molecule has 0 aromatic carbocycles. The van der Waals surface area contributed by atoms with Crippen molar-refractivity contribution in [3.05, 3.63) is 47.3 Å². The van der Waals surface area contributed by atoms with Gasteiger partial charge in [0, 0.05) is 18.1 Å². The summed E-state index contributed by atoms with van der Waals surface area (Å²) in [5.41, 5.74) is 2.03. The van der Waals surface area contributed by atoms with Crippen molar-refractivity contribution >= 4 is 5.97 Å². The van der Waals surface area contributed by atoms with E-state index in [0.717, 1.165) is 23.3 Å². The molecular weight excluding hydrogens is 192 g/mol. The van der Waals surface area contributed by atoms with Gasteiger partial charge in [0.25, 0.3) is 0 Å². The third-order valence-electron chi connectivity index (χ3n) is 2.73. The fraction of sp³-hybridized carbons (Fsp3) is 0.250. The van der Waals surface area contributed by atoms with Gasteiger partial charge in [-0.2, -0.15) is 0 Å². The first-order chi connectivity index (χ1) is 7.34. The predicted molar refractivity (Wildman–Crippen MR) is 53.8 cm³/mol. The van der Waals surface area contributed by atoms with Crippen LogP contribution in [0.25, 0.3) is 0 Å². The van der Waals surface area contributed by atoms with Crippen molar-refractivity contribution in [2.75, 3.05) is 6.61 Å². The fourth-order valence-corrected chi connectivity index (χ4v) is 2.01. The average Bonchev–Trinajstić information content (AvgIpc) is 2.29. The molecule has 3 nitrogen and oxygen atoms in total. The third kappa shape index (κ3) is 1.31. The average molecular weight is 202 g/mol. The van der Waals surface area contributed by atoms with Gasteiger partial charge in [0.05, 0.1) is 0 Å². The highest BCUT2D eigenvalue weighted by Crippen LogP contribution is 2.33. The molecule has 2 heterocycles. The second-order valence-corrected chi connectivity index (χ2v) is 3.65. The Bertz CT molecular complexity index is 438. The molecule has 3 heteroatoms. The normalized spacial score (nSPS) is 27.6. The van der Waals surface area contributed by atoms with Gasteiger partial charge in [-0.15, -0.1) is 0 Å². The highest BCUT2D eigenvalue weighted by Gasteiger charge is 2.30. The molecule has 0 radical (unpaired) electrons. The van der Waals surface area contributed by atoms with Crippen LogP contribution in [0.5, 0.6) is 0 Å². The van der Waals surface area contributed by atoms with Crippen LogP contribution < -0.4 is 0 Å². The summed E-state index contributed by atoms with van der Waals surface area (Å²) in [5.74, 6) is 0.638. The van der Waals surface area contributed by atoms with E-state index in [0.29, 0.717) is 6.61 Å². The quantitative estimate of drug-likeness (QED) is 0.560. The largest absolute Gasteiger partial charge is 0.493 e. The Morgan fingerprint density at radius 3 is 3.13 bits per heavy atom. The SMILES string of the molecule is O=C1C=CC2=CCC3=C(C=CCO3)C2O1. The number of allylic oxidation sites excluding steroid dienone is 1. The number of hydrogen-bond donors (Lipinski definition) is 0. The Balaban J connectivity index is 2.02. The number of carbonyl (C=O) groups excluding carboxylic acids is 1. The van der Waals surface area contributed by atoms with Crippen molar-refractivity contribution < 1.29 is 14.3 Å². The second-order valence-electron chi connectivity index (χ2n) is 3.65. The van der Waals surface area contributed by atoms with Crippen LogP contribution in [-0.2, 0) is 14.3 Å². The third-order valence-corrected chi connectivity index (χ3v) is 2.73.